The van der Waals surface area contributed by atoms with Crippen molar-refractivity contribution in [2.45, 2.75) is 45.4 Å². The largest absolute Gasteiger partial charge is 0.379 e. The molecule has 0 spiro atoms. The van der Waals surface area contributed by atoms with Gasteiger partial charge in [0, 0.05) is 25.3 Å². The first-order valence-corrected chi connectivity index (χ1v) is 10.9. The second kappa shape index (κ2) is 8.49. The number of hydrogen-bond acceptors (Lipinski definition) is 7. The number of tetrazole rings is 1. The lowest BCUT2D eigenvalue weighted by atomic mass is 10.00. The van der Waals surface area contributed by atoms with E-state index in [0.717, 1.165) is 41.5 Å². The van der Waals surface area contributed by atoms with Crippen LogP contribution < -0.4 is 5.56 Å². The summed E-state index contributed by atoms with van der Waals surface area (Å²) in [6.45, 7) is 8.11. The minimum absolute atomic E-state index is 0.105. The highest BCUT2D eigenvalue weighted by Crippen LogP contribution is 2.29. The molecule has 0 radical (unpaired) electrons. The summed E-state index contributed by atoms with van der Waals surface area (Å²) in [5.74, 6) is 0.672. The third-order valence-corrected chi connectivity index (χ3v) is 6.49. The highest BCUT2D eigenvalue weighted by atomic mass is 16.5. The molecular formula is C22H28N6O3. The fourth-order valence-corrected chi connectivity index (χ4v) is 4.60. The van der Waals surface area contributed by atoms with Crippen molar-refractivity contribution in [1.82, 2.24) is 30.1 Å². The fraction of sp³-hybridized carbons (Fsp3) is 0.545. The number of rotatable bonds is 5. The molecule has 2 aliphatic heterocycles. The molecule has 9 nitrogen and oxygen atoms in total. The summed E-state index contributed by atoms with van der Waals surface area (Å²) in [5, 5.41) is 13.6. The van der Waals surface area contributed by atoms with E-state index < -0.39 is 0 Å². The Bertz CT molecular complexity index is 1130. The first kappa shape index (κ1) is 20.3. The van der Waals surface area contributed by atoms with E-state index in [1.807, 2.05) is 13.0 Å². The van der Waals surface area contributed by atoms with Crippen LogP contribution in [-0.2, 0) is 16.0 Å². The third kappa shape index (κ3) is 3.88. The standard InChI is InChI=1S/C22H28N6O3/c1-14-5-6-16-12-18(22(29)23-19(16)15(14)2)20(27-7-10-30-11-8-27)21-24-25-26-28(21)13-17-4-3-9-31-17/h5-6,12,17,20H,3-4,7-11,13H2,1-2H3,(H,23,29). The summed E-state index contributed by atoms with van der Waals surface area (Å²) in [4.78, 5) is 18.7. The van der Waals surface area contributed by atoms with Gasteiger partial charge < -0.3 is 14.5 Å². The van der Waals surface area contributed by atoms with Crippen molar-refractivity contribution in [1.29, 1.82) is 0 Å². The van der Waals surface area contributed by atoms with E-state index >= 15 is 0 Å². The van der Waals surface area contributed by atoms with Gasteiger partial charge in [-0.1, -0.05) is 12.1 Å². The molecule has 4 heterocycles. The van der Waals surface area contributed by atoms with E-state index in [1.165, 1.54) is 0 Å². The monoisotopic (exact) mass is 424 g/mol. The summed E-state index contributed by atoms with van der Waals surface area (Å²) < 4.78 is 13.2. The minimum atomic E-state index is -0.352. The lowest BCUT2D eigenvalue weighted by Gasteiger charge is -2.33. The van der Waals surface area contributed by atoms with Gasteiger partial charge in [0.1, 0.15) is 6.04 Å². The zero-order chi connectivity index (χ0) is 21.4. The number of benzene rings is 1. The van der Waals surface area contributed by atoms with Gasteiger partial charge in [-0.25, -0.2) is 4.68 Å². The molecule has 2 atom stereocenters. The Kier molecular flexibility index (Phi) is 5.56. The molecule has 9 heteroatoms. The number of H-pyrrole nitrogens is 1. The van der Waals surface area contributed by atoms with E-state index in [-0.39, 0.29) is 17.7 Å². The predicted octanol–water partition coefficient (Wildman–Crippen LogP) is 1.73. The maximum atomic E-state index is 13.3. The van der Waals surface area contributed by atoms with Gasteiger partial charge in [0.15, 0.2) is 5.82 Å². The van der Waals surface area contributed by atoms with Crippen LogP contribution in [0.1, 0.15) is 41.4 Å². The van der Waals surface area contributed by atoms with Crippen molar-refractivity contribution >= 4 is 10.9 Å². The second-order valence-electron chi connectivity index (χ2n) is 8.43. The lowest BCUT2D eigenvalue weighted by Crippen LogP contribution is -2.42. The Balaban J connectivity index is 1.61. The zero-order valence-electron chi connectivity index (χ0n) is 18.0. The molecule has 0 amide bonds. The SMILES string of the molecule is Cc1ccc2cc(C(c3nnnn3CC3CCCO3)N3CCOCC3)c(=O)[nH]c2c1C. The summed E-state index contributed by atoms with van der Waals surface area (Å²) in [5.41, 5.74) is 3.67. The smallest absolute Gasteiger partial charge is 0.253 e. The minimum Gasteiger partial charge on any atom is -0.379 e. The number of ether oxygens (including phenoxy) is 2. The molecule has 3 aromatic rings. The van der Waals surface area contributed by atoms with Crippen LogP contribution >= 0.6 is 0 Å². The van der Waals surface area contributed by atoms with Crippen LogP contribution in [0.25, 0.3) is 10.9 Å². The van der Waals surface area contributed by atoms with Crippen LogP contribution in [0.4, 0.5) is 0 Å². The molecule has 0 bridgehead atoms. The Morgan fingerprint density at radius 3 is 2.84 bits per heavy atom. The average molecular weight is 425 g/mol. The molecule has 2 unspecified atom stereocenters. The molecule has 31 heavy (non-hydrogen) atoms. The molecular weight excluding hydrogens is 396 g/mol. The maximum Gasteiger partial charge on any atom is 0.253 e. The maximum absolute atomic E-state index is 13.3. The van der Waals surface area contributed by atoms with Crippen LogP contribution in [0, 0.1) is 13.8 Å². The van der Waals surface area contributed by atoms with Crippen molar-refractivity contribution in [2.75, 3.05) is 32.9 Å². The topological polar surface area (TPSA) is 98.2 Å². The van der Waals surface area contributed by atoms with Gasteiger partial charge in [0.05, 0.1) is 31.4 Å². The number of hydrogen-bond donors (Lipinski definition) is 1. The van der Waals surface area contributed by atoms with Crippen LogP contribution in [0.2, 0.25) is 0 Å². The van der Waals surface area contributed by atoms with E-state index in [4.69, 9.17) is 9.47 Å². The van der Waals surface area contributed by atoms with E-state index in [1.54, 1.807) is 4.68 Å². The van der Waals surface area contributed by atoms with Crippen LogP contribution in [0.3, 0.4) is 0 Å². The van der Waals surface area contributed by atoms with Crippen molar-refractivity contribution in [3.8, 4) is 0 Å². The molecule has 0 saturated carbocycles. The number of aromatic amines is 1. The fourth-order valence-electron chi connectivity index (χ4n) is 4.60. The van der Waals surface area contributed by atoms with Crippen LogP contribution in [-0.4, -0.2) is 69.1 Å². The van der Waals surface area contributed by atoms with Gasteiger partial charge in [-0.05, 0) is 59.7 Å². The molecule has 0 aliphatic carbocycles. The molecule has 5 rings (SSSR count). The Labute approximate surface area is 180 Å². The number of fused-ring (bicyclic) bond motifs is 1. The molecule has 2 aliphatic rings. The molecule has 1 N–H and O–H groups in total. The Morgan fingerprint density at radius 2 is 2.06 bits per heavy atom. The van der Waals surface area contributed by atoms with Gasteiger partial charge >= 0.3 is 0 Å². The first-order valence-electron chi connectivity index (χ1n) is 10.9. The van der Waals surface area contributed by atoms with Gasteiger partial charge in [-0.3, -0.25) is 9.69 Å². The summed E-state index contributed by atoms with van der Waals surface area (Å²) in [6, 6.07) is 5.79. The molecule has 2 aromatic heterocycles. The van der Waals surface area contributed by atoms with Crippen molar-refractivity contribution in [3.05, 3.63) is 51.1 Å². The second-order valence-corrected chi connectivity index (χ2v) is 8.43. The quantitative estimate of drug-likeness (QED) is 0.666. The highest BCUT2D eigenvalue weighted by molar-refractivity contribution is 5.83. The van der Waals surface area contributed by atoms with Gasteiger partial charge in [0.2, 0.25) is 0 Å². The van der Waals surface area contributed by atoms with Gasteiger partial charge in [-0.15, -0.1) is 5.10 Å². The number of pyridine rings is 1. The normalized spacial score (nSPS) is 21.0. The van der Waals surface area contributed by atoms with Gasteiger partial charge in [-0.2, -0.15) is 0 Å². The number of nitrogens with zero attached hydrogens (tertiary/aromatic N) is 5. The van der Waals surface area contributed by atoms with Gasteiger partial charge in [0.25, 0.3) is 5.56 Å². The third-order valence-electron chi connectivity index (χ3n) is 6.49. The number of aryl methyl sites for hydroxylation is 2. The number of nitrogens with one attached hydrogen (secondary N) is 1. The summed E-state index contributed by atoms with van der Waals surface area (Å²) in [6.07, 6.45) is 2.16. The molecule has 1 aromatic carbocycles. The van der Waals surface area contributed by atoms with Crippen molar-refractivity contribution < 1.29 is 9.47 Å². The van der Waals surface area contributed by atoms with E-state index in [2.05, 4.69) is 44.5 Å². The highest BCUT2D eigenvalue weighted by Gasteiger charge is 2.32. The predicted molar refractivity (Wildman–Crippen MR) is 115 cm³/mol. The number of morpholine rings is 1. The van der Waals surface area contributed by atoms with Crippen molar-refractivity contribution in [2.24, 2.45) is 0 Å². The zero-order valence-corrected chi connectivity index (χ0v) is 18.0. The molecule has 2 saturated heterocycles. The Hall–Kier alpha value is -2.62. The summed E-state index contributed by atoms with van der Waals surface area (Å²) in [7, 11) is 0. The van der Waals surface area contributed by atoms with E-state index in [0.29, 0.717) is 44.2 Å². The Morgan fingerprint density at radius 1 is 1.23 bits per heavy atom. The summed E-state index contributed by atoms with van der Waals surface area (Å²) >= 11 is 0. The van der Waals surface area contributed by atoms with Crippen LogP contribution in [0.15, 0.2) is 23.0 Å². The molecule has 164 valence electrons. The first-order chi connectivity index (χ1) is 15.1. The number of aromatic nitrogens is 5. The van der Waals surface area contributed by atoms with E-state index in [9.17, 15) is 4.79 Å². The van der Waals surface area contributed by atoms with Crippen LogP contribution in [0.5, 0.6) is 0 Å². The lowest BCUT2D eigenvalue weighted by molar-refractivity contribution is 0.0205. The van der Waals surface area contributed by atoms with Crippen molar-refractivity contribution in [3.63, 3.8) is 0 Å². The average Bonchev–Trinajstić information content (AvgIpc) is 3.46. The molecule has 2 fully saturated rings.